The molecule has 1 aromatic rings. The maximum absolute atomic E-state index is 12.0. The zero-order valence-electron chi connectivity index (χ0n) is 13.5. The van der Waals surface area contributed by atoms with Crippen LogP contribution in [0.3, 0.4) is 0 Å². The van der Waals surface area contributed by atoms with Crippen LogP contribution in [0.2, 0.25) is 5.02 Å². The van der Waals surface area contributed by atoms with Gasteiger partial charge >= 0.3 is 5.97 Å². The number of nitrogens with one attached hydrogen (secondary N) is 1. The molecular weight excluding hydrogens is 330 g/mol. The lowest BCUT2D eigenvalue weighted by molar-refractivity contribution is -0.145. The molecule has 0 heterocycles. The number of carboxylic acids is 1. The normalized spacial score (nSPS) is 20.4. The van der Waals surface area contributed by atoms with E-state index in [-0.39, 0.29) is 36.4 Å². The van der Waals surface area contributed by atoms with E-state index >= 15 is 0 Å². The zero-order valence-corrected chi connectivity index (χ0v) is 14.2. The number of carbonyl (C=O) groups excluding carboxylic acids is 2. The van der Waals surface area contributed by atoms with Gasteiger partial charge in [-0.15, -0.1) is 0 Å². The van der Waals surface area contributed by atoms with E-state index in [4.69, 9.17) is 11.6 Å². The van der Waals surface area contributed by atoms with E-state index in [1.165, 1.54) is 0 Å². The molecule has 1 aliphatic rings. The first kappa shape index (κ1) is 18.5. The summed E-state index contributed by atoms with van der Waals surface area (Å²) in [5.74, 6) is -1.51. The van der Waals surface area contributed by atoms with Crippen molar-refractivity contribution in [3.8, 4) is 0 Å². The van der Waals surface area contributed by atoms with Crippen molar-refractivity contribution in [3.05, 3.63) is 34.9 Å². The van der Waals surface area contributed by atoms with Crippen molar-refractivity contribution >= 4 is 29.3 Å². The Morgan fingerprint density at radius 1 is 1.08 bits per heavy atom. The standard InChI is InChI=1S/C18H22ClNO4/c19-14-7-5-12(6-8-14)16(21)9-10-17(22)20-11-13-3-1-2-4-15(13)18(23)24/h5-8,13,15H,1-4,9-11H2,(H,20,22)(H,23,24)/t13-,15-/m0/s1. The Labute approximate surface area is 146 Å². The number of carbonyl (C=O) groups is 3. The first-order chi connectivity index (χ1) is 11.5. The molecule has 24 heavy (non-hydrogen) atoms. The lowest BCUT2D eigenvalue weighted by Crippen LogP contribution is -2.37. The molecule has 0 bridgehead atoms. The van der Waals surface area contributed by atoms with Crippen LogP contribution in [0.1, 0.15) is 48.9 Å². The molecule has 0 spiro atoms. The fourth-order valence-corrected chi connectivity index (χ4v) is 3.24. The van der Waals surface area contributed by atoms with Crippen LogP contribution >= 0.6 is 11.6 Å². The highest BCUT2D eigenvalue weighted by molar-refractivity contribution is 6.30. The van der Waals surface area contributed by atoms with Gasteiger partial charge < -0.3 is 10.4 Å². The monoisotopic (exact) mass is 351 g/mol. The summed E-state index contributed by atoms with van der Waals surface area (Å²) in [7, 11) is 0. The molecule has 130 valence electrons. The average molecular weight is 352 g/mol. The van der Waals surface area contributed by atoms with Crippen molar-refractivity contribution in [1.82, 2.24) is 5.32 Å². The van der Waals surface area contributed by atoms with Crippen LogP contribution in [0.15, 0.2) is 24.3 Å². The molecule has 2 rings (SSSR count). The number of carboxylic acid groups (broad SMARTS) is 1. The quantitative estimate of drug-likeness (QED) is 0.738. The summed E-state index contributed by atoms with van der Waals surface area (Å²) in [5, 5.41) is 12.6. The number of benzene rings is 1. The Balaban J connectivity index is 1.75. The molecular formula is C18H22ClNO4. The van der Waals surface area contributed by atoms with Crippen LogP contribution in [-0.2, 0) is 9.59 Å². The first-order valence-electron chi connectivity index (χ1n) is 8.25. The molecule has 6 heteroatoms. The van der Waals surface area contributed by atoms with E-state index < -0.39 is 5.97 Å². The molecule has 2 atom stereocenters. The maximum atomic E-state index is 12.0. The summed E-state index contributed by atoms with van der Waals surface area (Å²) < 4.78 is 0. The molecule has 1 fully saturated rings. The van der Waals surface area contributed by atoms with Gasteiger partial charge in [-0.2, -0.15) is 0 Å². The number of rotatable bonds is 7. The van der Waals surface area contributed by atoms with Gasteiger partial charge in [0.15, 0.2) is 5.78 Å². The van der Waals surface area contributed by atoms with E-state index in [1.807, 2.05) is 0 Å². The number of ketones is 1. The van der Waals surface area contributed by atoms with Crippen molar-refractivity contribution in [2.45, 2.75) is 38.5 Å². The van der Waals surface area contributed by atoms with Crippen molar-refractivity contribution in [2.24, 2.45) is 11.8 Å². The van der Waals surface area contributed by atoms with Gasteiger partial charge in [0.25, 0.3) is 0 Å². The third kappa shape index (κ3) is 5.34. The van der Waals surface area contributed by atoms with Gasteiger partial charge in [0.2, 0.25) is 5.91 Å². The van der Waals surface area contributed by atoms with Crippen LogP contribution in [-0.4, -0.2) is 29.3 Å². The van der Waals surface area contributed by atoms with Gasteiger partial charge in [-0.05, 0) is 43.0 Å². The molecule has 0 saturated heterocycles. The Kier molecular flexibility index (Phi) is 6.79. The lowest BCUT2D eigenvalue weighted by Gasteiger charge is -2.28. The van der Waals surface area contributed by atoms with Crippen molar-refractivity contribution in [2.75, 3.05) is 6.54 Å². The SMILES string of the molecule is O=C(CCC(=O)c1ccc(Cl)cc1)NC[C@@H]1CCCC[C@@H]1C(=O)O. The molecule has 1 amide bonds. The summed E-state index contributed by atoms with van der Waals surface area (Å²) >= 11 is 5.78. The predicted octanol–water partition coefficient (Wildman–Crippen LogP) is 3.31. The maximum Gasteiger partial charge on any atom is 0.306 e. The molecule has 0 aliphatic heterocycles. The Morgan fingerprint density at radius 2 is 1.75 bits per heavy atom. The molecule has 1 saturated carbocycles. The topological polar surface area (TPSA) is 83.5 Å². The minimum absolute atomic E-state index is 0.0211. The number of Topliss-reactive ketones (excluding diaryl/α,β-unsaturated/α-hetero) is 1. The molecule has 0 aromatic heterocycles. The lowest BCUT2D eigenvalue weighted by atomic mass is 9.79. The van der Waals surface area contributed by atoms with Crippen molar-refractivity contribution in [3.63, 3.8) is 0 Å². The van der Waals surface area contributed by atoms with E-state index in [1.54, 1.807) is 24.3 Å². The molecule has 0 unspecified atom stereocenters. The summed E-state index contributed by atoms with van der Waals surface area (Å²) in [5.41, 5.74) is 0.533. The highest BCUT2D eigenvalue weighted by Crippen LogP contribution is 2.29. The zero-order chi connectivity index (χ0) is 17.5. The molecule has 0 radical (unpaired) electrons. The van der Waals surface area contributed by atoms with Crippen molar-refractivity contribution < 1.29 is 19.5 Å². The highest BCUT2D eigenvalue weighted by atomic mass is 35.5. The molecule has 1 aliphatic carbocycles. The Bertz CT molecular complexity index is 600. The summed E-state index contributed by atoms with van der Waals surface area (Å²) in [6.07, 6.45) is 3.65. The summed E-state index contributed by atoms with van der Waals surface area (Å²) in [6.45, 7) is 0.366. The van der Waals surface area contributed by atoms with Gasteiger partial charge in [-0.1, -0.05) is 24.4 Å². The Hall–Kier alpha value is -1.88. The average Bonchev–Trinajstić information content (AvgIpc) is 2.58. The number of halogens is 1. The van der Waals surface area contributed by atoms with Crippen molar-refractivity contribution in [1.29, 1.82) is 0 Å². The highest BCUT2D eigenvalue weighted by Gasteiger charge is 2.30. The fraction of sp³-hybridized carbons (Fsp3) is 0.500. The first-order valence-corrected chi connectivity index (χ1v) is 8.63. The van der Waals surface area contributed by atoms with E-state index in [2.05, 4.69) is 5.32 Å². The van der Waals surface area contributed by atoms with Gasteiger partial charge in [0, 0.05) is 30.0 Å². The largest absolute Gasteiger partial charge is 0.481 e. The molecule has 5 nitrogen and oxygen atoms in total. The minimum Gasteiger partial charge on any atom is -0.481 e. The predicted molar refractivity (Wildman–Crippen MR) is 91.1 cm³/mol. The van der Waals surface area contributed by atoms with Gasteiger partial charge in [-0.3, -0.25) is 14.4 Å². The minimum atomic E-state index is -0.785. The van der Waals surface area contributed by atoms with Crippen LogP contribution in [0.5, 0.6) is 0 Å². The molecule has 2 N–H and O–H groups in total. The van der Waals surface area contributed by atoms with E-state index in [0.29, 0.717) is 23.6 Å². The van der Waals surface area contributed by atoms with Crippen LogP contribution in [0.25, 0.3) is 0 Å². The Morgan fingerprint density at radius 3 is 2.42 bits per heavy atom. The number of hydrogen-bond acceptors (Lipinski definition) is 3. The molecule has 1 aromatic carbocycles. The second-order valence-electron chi connectivity index (χ2n) is 6.22. The van der Waals surface area contributed by atoms with Gasteiger partial charge in [0.05, 0.1) is 5.92 Å². The second-order valence-corrected chi connectivity index (χ2v) is 6.66. The number of aliphatic carboxylic acids is 1. The van der Waals surface area contributed by atoms with Gasteiger partial charge in [0.1, 0.15) is 0 Å². The third-order valence-electron chi connectivity index (χ3n) is 4.53. The third-order valence-corrected chi connectivity index (χ3v) is 4.78. The van der Waals surface area contributed by atoms with Gasteiger partial charge in [-0.25, -0.2) is 0 Å². The second kappa shape index (κ2) is 8.83. The summed E-state index contributed by atoms with van der Waals surface area (Å²) in [4.78, 5) is 35.2. The summed E-state index contributed by atoms with van der Waals surface area (Å²) in [6, 6.07) is 6.57. The number of amides is 1. The van der Waals surface area contributed by atoms with E-state index in [9.17, 15) is 19.5 Å². The fourth-order valence-electron chi connectivity index (χ4n) is 3.12. The number of hydrogen-bond donors (Lipinski definition) is 2. The van der Waals surface area contributed by atoms with E-state index in [0.717, 1.165) is 19.3 Å². The van der Waals surface area contributed by atoms with Crippen LogP contribution in [0, 0.1) is 11.8 Å². The van der Waals surface area contributed by atoms with Crippen LogP contribution in [0.4, 0.5) is 0 Å². The van der Waals surface area contributed by atoms with Crippen LogP contribution < -0.4 is 5.32 Å². The smallest absolute Gasteiger partial charge is 0.306 e.